The first-order chi connectivity index (χ1) is 23.3. The summed E-state index contributed by atoms with van der Waals surface area (Å²) in [6, 6.07) is 21.7. The Morgan fingerprint density at radius 2 is 1.62 bits per heavy atom. The Morgan fingerprint density at radius 3 is 2.29 bits per heavy atom. The van der Waals surface area contributed by atoms with Crippen molar-refractivity contribution in [3.63, 3.8) is 0 Å². The van der Waals surface area contributed by atoms with Crippen molar-refractivity contribution in [2.45, 2.75) is 26.6 Å². The highest BCUT2D eigenvalue weighted by molar-refractivity contribution is 7.20. The maximum absolute atomic E-state index is 15.0. The van der Waals surface area contributed by atoms with Crippen molar-refractivity contribution in [1.82, 2.24) is 20.1 Å². The Hall–Kier alpha value is -5.61. The van der Waals surface area contributed by atoms with Crippen LogP contribution in [-0.2, 0) is 19.6 Å². The van der Waals surface area contributed by atoms with Crippen LogP contribution in [0.4, 0.5) is 13.6 Å². The van der Waals surface area contributed by atoms with Crippen LogP contribution >= 0.6 is 11.3 Å². The van der Waals surface area contributed by atoms with Crippen molar-refractivity contribution in [1.29, 1.82) is 0 Å². The van der Waals surface area contributed by atoms with Crippen LogP contribution in [0, 0.1) is 11.6 Å². The van der Waals surface area contributed by atoms with Gasteiger partial charge in [-0.3, -0.25) is 9.59 Å². The van der Waals surface area contributed by atoms with Gasteiger partial charge in [0, 0.05) is 65.4 Å². The topological polar surface area (TPSA) is 83.4 Å². The molecule has 7 nitrogen and oxygen atoms in total. The fourth-order valence-electron chi connectivity index (χ4n) is 5.68. The number of urea groups is 1. The molecule has 2 aromatic heterocycles. The number of amides is 2. The van der Waals surface area contributed by atoms with Gasteiger partial charge in [-0.05, 0) is 30.7 Å². The van der Waals surface area contributed by atoms with Gasteiger partial charge in [-0.15, -0.1) is 11.3 Å². The lowest BCUT2D eigenvalue weighted by Crippen LogP contribution is -2.31. The minimum absolute atomic E-state index is 0.0849. The zero-order chi connectivity index (χ0) is 33.8. The molecule has 1 aliphatic rings. The number of fused-ring (bicyclic) bond motifs is 3. The smallest absolute Gasteiger partial charge is 0.318 e. The molecule has 0 bridgehead atoms. The van der Waals surface area contributed by atoms with Crippen molar-refractivity contribution in [3.05, 3.63) is 170 Å². The Bertz CT molecular complexity index is 2150. The van der Waals surface area contributed by atoms with E-state index in [1.807, 2.05) is 42.6 Å². The molecule has 3 aromatic carbocycles. The number of carbonyl (C=O) groups excluding carboxylic acids is 2. The maximum Gasteiger partial charge on any atom is 0.318 e. The molecular weight excluding hydrogens is 631 g/mol. The summed E-state index contributed by atoms with van der Waals surface area (Å²) >= 11 is 1.32. The first-order valence-electron chi connectivity index (χ1n) is 15.3. The molecule has 1 aliphatic heterocycles. The molecule has 10 heteroatoms. The van der Waals surface area contributed by atoms with Gasteiger partial charge in [0.05, 0.1) is 17.5 Å². The third-order valence-electron chi connectivity index (χ3n) is 8.09. The predicted molar refractivity (Wildman–Crippen MR) is 186 cm³/mol. The number of hydrogen-bond donors (Lipinski definition) is 2. The number of nitrogens with zero attached hydrogens (tertiary/aromatic N) is 2. The van der Waals surface area contributed by atoms with Crippen LogP contribution in [0.3, 0.4) is 0 Å². The highest BCUT2D eigenvalue weighted by Gasteiger charge is 2.28. The van der Waals surface area contributed by atoms with E-state index in [0.29, 0.717) is 40.1 Å². The fourth-order valence-corrected chi connectivity index (χ4v) is 6.96. The minimum atomic E-state index is -0.723. The second-order valence-electron chi connectivity index (χ2n) is 11.2. The monoisotopic (exact) mass is 662 g/mol. The van der Waals surface area contributed by atoms with Crippen molar-refractivity contribution in [3.8, 4) is 0 Å². The van der Waals surface area contributed by atoms with Gasteiger partial charge in [0.1, 0.15) is 16.5 Å². The molecule has 3 heterocycles. The summed E-state index contributed by atoms with van der Waals surface area (Å²) in [5, 5.41) is 5.64. The molecule has 48 heavy (non-hydrogen) atoms. The van der Waals surface area contributed by atoms with E-state index in [-0.39, 0.29) is 23.7 Å². The number of carbonyl (C=O) groups is 2. The lowest BCUT2D eigenvalue weighted by atomic mass is 9.98. The summed E-state index contributed by atoms with van der Waals surface area (Å²) in [6.07, 6.45) is 8.80. The van der Waals surface area contributed by atoms with E-state index >= 15 is 0 Å². The van der Waals surface area contributed by atoms with Crippen LogP contribution < -0.4 is 16.1 Å². The number of benzene rings is 3. The molecule has 0 aliphatic carbocycles. The molecule has 0 atom stereocenters. The van der Waals surface area contributed by atoms with Gasteiger partial charge in [-0.2, -0.15) is 0 Å². The van der Waals surface area contributed by atoms with E-state index in [1.54, 1.807) is 54.0 Å². The average Bonchev–Trinajstić information content (AvgIpc) is 3.50. The fraction of sp³-hybridized carbons (Fsp3) is 0.132. The van der Waals surface area contributed by atoms with Gasteiger partial charge in [-0.25, -0.2) is 13.6 Å². The van der Waals surface area contributed by atoms with Gasteiger partial charge in [0.2, 0.25) is 5.43 Å². The van der Waals surface area contributed by atoms with E-state index in [4.69, 9.17) is 0 Å². The molecule has 242 valence electrons. The molecule has 6 rings (SSSR count). The third kappa shape index (κ3) is 6.61. The highest BCUT2D eigenvalue weighted by Crippen LogP contribution is 2.40. The summed E-state index contributed by atoms with van der Waals surface area (Å²) in [6.45, 7) is 2.47. The molecule has 0 saturated carbocycles. The number of allylic oxidation sites excluding steroid dienone is 4. The predicted octanol–water partition coefficient (Wildman–Crippen LogP) is 7.37. The number of nitrogens with one attached hydrogen (secondary N) is 2. The first kappa shape index (κ1) is 32.3. The second-order valence-corrected chi connectivity index (χ2v) is 12.2. The Balaban J connectivity index is 1.56. The largest absolute Gasteiger partial charge is 0.368 e. The number of thiophene rings is 1. The normalized spacial score (nSPS) is 13.0. The quantitative estimate of drug-likeness (QED) is 0.128. The van der Waals surface area contributed by atoms with Crippen molar-refractivity contribution >= 4 is 38.9 Å². The molecule has 0 spiro atoms. The van der Waals surface area contributed by atoms with Gasteiger partial charge >= 0.3 is 6.03 Å². The molecule has 0 unspecified atom stereocenters. The van der Waals surface area contributed by atoms with E-state index < -0.39 is 22.8 Å². The van der Waals surface area contributed by atoms with Crippen LogP contribution in [0.15, 0.2) is 120 Å². The van der Waals surface area contributed by atoms with Gasteiger partial charge < -0.3 is 20.1 Å². The summed E-state index contributed by atoms with van der Waals surface area (Å²) in [7, 11) is 1.53. The molecule has 5 aromatic rings. The molecular formula is C38H32F2N4O3S. The first-order valence-corrected chi connectivity index (χ1v) is 16.1. The van der Waals surface area contributed by atoms with Crippen molar-refractivity contribution < 1.29 is 18.4 Å². The van der Waals surface area contributed by atoms with Crippen LogP contribution in [0.5, 0.6) is 0 Å². The maximum atomic E-state index is 15.0. The van der Waals surface area contributed by atoms with Crippen LogP contribution in [0.25, 0.3) is 15.8 Å². The lowest BCUT2D eigenvalue weighted by Gasteiger charge is -2.26. The number of pyridine rings is 1. The summed E-state index contributed by atoms with van der Waals surface area (Å²) in [5.41, 5.74) is 2.73. The molecule has 2 N–H and O–H groups in total. The minimum Gasteiger partial charge on any atom is -0.368 e. The zero-order valence-electron chi connectivity index (χ0n) is 26.3. The molecule has 0 radical (unpaired) electrons. The second kappa shape index (κ2) is 14.0. The molecule has 2 amide bonds. The Labute approximate surface area is 280 Å². The van der Waals surface area contributed by atoms with E-state index in [1.165, 1.54) is 42.8 Å². The Kier molecular flexibility index (Phi) is 9.45. The molecule has 0 fully saturated rings. The standard InChI is InChI=1S/C38H32F2N4O3S/c1-3-27(42-38(47)41-2)18-17-26-20-43(19-24-11-6-4-7-12-24)21-29-33-35(46)30(34(45)25-13-8-5-9-14-25)23-44(37(33)48-36(26)29)22-28-31(39)15-10-16-32(28)40/h3-18,20,23H,19,21-22H2,1-2H3,(H2,41,42,47)/b18-17-,27-3+. The molecule has 0 saturated heterocycles. The zero-order valence-corrected chi connectivity index (χ0v) is 27.1. The number of aromatic nitrogens is 1. The van der Waals surface area contributed by atoms with E-state index in [0.717, 1.165) is 16.0 Å². The van der Waals surface area contributed by atoms with Crippen LogP contribution in [0.2, 0.25) is 0 Å². The summed E-state index contributed by atoms with van der Waals surface area (Å²) in [5.74, 6) is -1.92. The third-order valence-corrected chi connectivity index (χ3v) is 9.41. The van der Waals surface area contributed by atoms with E-state index in [9.17, 15) is 23.2 Å². The van der Waals surface area contributed by atoms with E-state index in [2.05, 4.69) is 15.5 Å². The van der Waals surface area contributed by atoms with Crippen LogP contribution in [0.1, 0.15) is 44.4 Å². The summed E-state index contributed by atoms with van der Waals surface area (Å²) < 4.78 is 31.5. The van der Waals surface area contributed by atoms with Crippen molar-refractivity contribution in [2.75, 3.05) is 7.05 Å². The number of ketones is 1. The van der Waals surface area contributed by atoms with Gasteiger partial charge in [0.25, 0.3) is 0 Å². The number of hydrogen-bond acceptors (Lipinski definition) is 5. The van der Waals surface area contributed by atoms with Gasteiger partial charge in [-0.1, -0.05) is 78.9 Å². The van der Waals surface area contributed by atoms with Crippen LogP contribution in [-0.4, -0.2) is 28.3 Å². The summed E-state index contributed by atoms with van der Waals surface area (Å²) in [4.78, 5) is 43.5. The van der Waals surface area contributed by atoms with Gasteiger partial charge in [0.15, 0.2) is 5.78 Å². The van der Waals surface area contributed by atoms with Crippen molar-refractivity contribution in [2.24, 2.45) is 0 Å². The number of halogens is 2. The average molecular weight is 663 g/mol. The lowest BCUT2D eigenvalue weighted by molar-refractivity contribution is 0.103. The Morgan fingerprint density at radius 1 is 0.938 bits per heavy atom. The number of rotatable bonds is 9. The highest BCUT2D eigenvalue weighted by atomic mass is 32.1. The SMILES string of the molecule is C/C=C(\C=C/C1=CN(Cc2ccccc2)Cc2c1sc1c2c(=O)c(C(=O)c2ccccc2)cn1Cc1c(F)cccc1F)NC(=O)NC.